The van der Waals surface area contributed by atoms with Gasteiger partial charge in [0.25, 0.3) is 0 Å². The highest BCUT2D eigenvalue weighted by Crippen LogP contribution is 2.39. The number of carbonyl (C=O) groups is 1. The standard InChI is InChI=1S/C26H25NO4S/c1-3-14-27(32(29,30)23-12-6-19(2)7-13-23)15-4-5-20-8-10-21(11-9-20)26-24-18-31-17-22(24)16-25(26)28/h3,6-13,22H,1,14-18H2,2H3/t22-/m0/s1. The number of benzene rings is 2. The van der Waals surface area contributed by atoms with E-state index < -0.39 is 10.0 Å². The van der Waals surface area contributed by atoms with E-state index in [1.54, 1.807) is 30.3 Å². The molecule has 2 aromatic carbocycles. The first-order valence-electron chi connectivity index (χ1n) is 10.5. The minimum atomic E-state index is -3.66. The Balaban J connectivity index is 1.50. The Morgan fingerprint density at radius 1 is 1.16 bits per heavy atom. The summed E-state index contributed by atoms with van der Waals surface area (Å²) in [6, 6.07) is 14.3. The van der Waals surface area contributed by atoms with Crippen molar-refractivity contribution in [2.75, 3.05) is 26.3 Å². The summed E-state index contributed by atoms with van der Waals surface area (Å²) in [6.07, 6.45) is 2.08. The maximum atomic E-state index is 13.0. The third kappa shape index (κ3) is 4.46. The third-order valence-electron chi connectivity index (χ3n) is 5.75. The minimum Gasteiger partial charge on any atom is -0.376 e. The van der Waals surface area contributed by atoms with E-state index in [1.807, 2.05) is 31.2 Å². The summed E-state index contributed by atoms with van der Waals surface area (Å²) in [5, 5.41) is 0. The average Bonchev–Trinajstić information content (AvgIpc) is 3.34. The van der Waals surface area contributed by atoms with Crippen molar-refractivity contribution in [3.63, 3.8) is 0 Å². The van der Waals surface area contributed by atoms with Crippen LogP contribution in [0, 0.1) is 24.7 Å². The van der Waals surface area contributed by atoms with Crippen molar-refractivity contribution in [2.24, 2.45) is 5.92 Å². The summed E-state index contributed by atoms with van der Waals surface area (Å²) < 4.78 is 32.7. The zero-order chi connectivity index (χ0) is 22.7. The zero-order valence-corrected chi connectivity index (χ0v) is 18.8. The molecule has 1 saturated heterocycles. The monoisotopic (exact) mass is 447 g/mol. The number of hydrogen-bond donors (Lipinski definition) is 0. The zero-order valence-electron chi connectivity index (χ0n) is 18.0. The molecule has 4 rings (SSSR count). The molecular formula is C26H25NO4S. The quantitative estimate of drug-likeness (QED) is 0.501. The van der Waals surface area contributed by atoms with Gasteiger partial charge in [0, 0.05) is 30.0 Å². The van der Waals surface area contributed by atoms with E-state index in [-0.39, 0.29) is 29.7 Å². The summed E-state index contributed by atoms with van der Waals surface area (Å²) in [5.74, 6) is 6.38. The number of carbonyl (C=O) groups excluding carboxylic acids is 1. The number of Topliss-reactive ketones (excluding diaryl/α,β-unsaturated/α-hetero) is 1. The van der Waals surface area contributed by atoms with Gasteiger partial charge in [0.1, 0.15) is 0 Å². The Kier molecular flexibility index (Phi) is 6.43. The fourth-order valence-corrected chi connectivity index (χ4v) is 5.35. The molecule has 0 amide bonds. The van der Waals surface area contributed by atoms with Gasteiger partial charge in [0.15, 0.2) is 5.78 Å². The number of fused-ring (bicyclic) bond motifs is 1. The van der Waals surface area contributed by atoms with Crippen LogP contribution in [0.1, 0.15) is 23.1 Å². The molecule has 0 aromatic heterocycles. The van der Waals surface area contributed by atoms with Crippen molar-refractivity contribution < 1.29 is 17.9 Å². The second kappa shape index (κ2) is 9.25. The molecule has 32 heavy (non-hydrogen) atoms. The average molecular weight is 448 g/mol. The van der Waals surface area contributed by atoms with Crippen LogP contribution in [0.5, 0.6) is 0 Å². The van der Waals surface area contributed by atoms with Gasteiger partial charge in [-0.3, -0.25) is 4.79 Å². The molecule has 0 spiro atoms. The molecule has 0 radical (unpaired) electrons. The molecular weight excluding hydrogens is 422 g/mol. The first kappa shape index (κ1) is 22.2. The second-order valence-electron chi connectivity index (χ2n) is 8.02. The predicted octanol–water partition coefficient (Wildman–Crippen LogP) is 3.60. The number of ketones is 1. The lowest BCUT2D eigenvalue weighted by atomic mass is 9.99. The van der Waals surface area contributed by atoms with Crippen LogP contribution in [-0.2, 0) is 19.6 Å². The minimum absolute atomic E-state index is 0.0524. The first-order valence-corrected chi connectivity index (χ1v) is 11.9. The van der Waals surface area contributed by atoms with E-state index in [0.29, 0.717) is 19.6 Å². The molecule has 164 valence electrons. The van der Waals surface area contributed by atoms with Crippen LogP contribution < -0.4 is 0 Å². The first-order chi connectivity index (χ1) is 15.4. The molecule has 0 N–H and O–H groups in total. The van der Waals surface area contributed by atoms with Crippen LogP contribution in [0.3, 0.4) is 0 Å². The van der Waals surface area contributed by atoms with Gasteiger partial charge in [-0.15, -0.1) is 6.58 Å². The van der Waals surface area contributed by atoms with Crippen molar-refractivity contribution in [3.8, 4) is 11.8 Å². The molecule has 1 atom stereocenters. The summed E-state index contributed by atoms with van der Waals surface area (Å²) >= 11 is 0. The number of hydrogen-bond acceptors (Lipinski definition) is 4. The van der Waals surface area contributed by atoms with Crippen molar-refractivity contribution in [3.05, 3.63) is 83.4 Å². The second-order valence-corrected chi connectivity index (χ2v) is 9.96. The van der Waals surface area contributed by atoms with Crippen LogP contribution >= 0.6 is 0 Å². The van der Waals surface area contributed by atoms with Crippen molar-refractivity contribution in [1.82, 2.24) is 4.31 Å². The number of allylic oxidation sites excluding steroid dienone is 1. The molecule has 0 saturated carbocycles. The van der Waals surface area contributed by atoms with Gasteiger partial charge in [-0.2, -0.15) is 4.31 Å². The van der Waals surface area contributed by atoms with Crippen LogP contribution in [0.15, 0.2) is 71.7 Å². The van der Waals surface area contributed by atoms with Gasteiger partial charge < -0.3 is 4.74 Å². The van der Waals surface area contributed by atoms with Gasteiger partial charge in [0.05, 0.1) is 24.7 Å². The summed E-state index contributed by atoms with van der Waals surface area (Å²) in [7, 11) is -3.66. The summed E-state index contributed by atoms with van der Waals surface area (Å²) in [4.78, 5) is 12.6. The molecule has 1 aliphatic carbocycles. The Morgan fingerprint density at radius 3 is 2.56 bits per heavy atom. The molecule has 2 aromatic rings. The number of aryl methyl sites for hydroxylation is 1. The van der Waals surface area contributed by atoms with Gasteiger partial charge >= 0.3 is 0 Å². The van der Waals surface area contributed by atoms with Gasteiger partial charge in [-0.25, -0.2) is 8.42 Å². The SMILES string of the molecule is C=CCN(CC#Cc1ccc(C2=C3COC[C@@H]3CC2=O)cc1)S(=O)(=O)c1ccc(C)cc1. The fourth-order valence-electron chi connectivity index (χ4n) is 4.04. The number of nitrogens with zero attached hydrogens (tertiary/aromatic N) is 1. The van der Waals surface area contributed by atoms with E-state index in [0.717, 1.165) is 27.8 Å². The molecule has 0 bridgehead atoms. The summed E-state index contributed by atoms with van der Waals surface area (Å²) in [5.41, 5.74) is 4.53. The molecule has 1 heterocycles. The van der Waals surface area contributed by atoms with Crippen molar-refractivity contribution in [1.29, 1.82) is 0 Å². The highest BCUT2D eigenvalue weighted by molar-refractivity contribution is 7.89. The fraction of sp³-hybridized carbons (Fsp3) is 0.269. The van der Waals surface area contributed by atoms with Crippen LogP contribution in [0.25, 0.3) is 5.57 Å². The third-order valence-corrected chi connectivity index (χ3v) is 7.58. The molecule has 2 aliphatic rings. The maximum Gasteiger partial charge on any atom is 0.244 e. The number of sulfonamides is 1. The Labute approximate surface area is 189 Å². The lowest BCUT2D eigenvalue weighted by Gasteiger charge is -2.18. The molecule has 1 fully saturated rings. The normalized spacial score (nSPS) is 17.9. The van der Waals surface area contributed by atoms with Gasteiger partial charge in [-0.1, -0.05) is 47.7 Å². The molecule has 1 aliphatic heterocycles. The largest absolute Gasteiger partial charge is 0.376 e. The smallest absolute Gasteiger partial charge is 0.244 e. The molecule has 0 unspecified atom stereocenters. The number of ether oxygens (including phenoxy) is 1. The summed E-state index contributed by atoms with van der Waals surface area (Å²) in [6.45, 7) is 6.96. The Morgan fingerprint density at radius 2 is 1.88 bits per heavy atom. The molecule has 5 nitrogen and oxygen atoms in total. The van der Waals surface area contributed by atoms with Crippen LogP contribution in [0.4, 0.5) is 0 Å². The lowest BCUT2D eigenvalue weighted by molar-refractivity contribution is -0.113. The Hall–Kier alpha value is -2.98. The van der Waals surface area contributed by atoms with Crippen LogP contribution in [-0.4, -0.2) is 44.8 Å². The van der Waals surface area contributed by atoms with E-state index >= 15 is 0 Å². The van der Waals surface area contributed by atoms with E-state index in [4.69, 9.17) is 4.74 Å². The Bertz CT molecular complexity index is 1230. The van der Waals surface area contributed by atoms with Gasteiger partial charge in [-0.05, 0) is 42.3 Å². The topological polar surface area (TPSA) is 63.7 Å². The maximum absolute atomic E-state index is 13.0. The predicted molar refractivity (Wildman–Crippen MR) is 124 cm³/mol. The molecule has 6 heteroatoms. The van der Waals surface area contributed by atoms with E-state index in [1.165, 1.54) is 4.31 Å². The van der Waals surface area contributed by atoms with Crippen molar-refractivity contribution >= 4 is 21.4 Å². The highest BCUT2D eigenvalue weighted by Gasteiger charge is 2.36. The van der Waals surface area contributed by atoms with E-state index in [9.17, 15) is 13.2 Å². The van der Waals surface area contributed by atoms with Crippen molar-refractivity contribution in [2.45, 2.75) is 18.2 Å². The lowest BCUT2D eigenvalue weighted by Crippen LogP contribution is -2.31. The van der Waals surface area contributed by atoms with Gasteiger partial charge in [0.2, 0.25) is 10.0 Å². The van der Waals surface area contributed by atoms with Crippen LogP contribution in [0.2, 0.25) is 0 Å². The van der Waals surface area contributed by atoms with E-state index in [2.05, 4.69) is 18.4 Å². The number of rotatable bonds is 6. The highest BCUT2D eigenvalue weighted by atomic mass is 32.2.